The van der Waals surface area contributed by atoms with E-state index in [-0.39, 0.29) is 41.8 Å². The van der Waals surface area contributed by atoms with Gasteiger partial charge in [0.05, 0.1) is 44.3 Å². The van der Waals surface area contributed by atoms with Crippen LogP contribution in [0.25, 0.3) is 33.6 Å². The summed E-state index contributed by atoms with van der Waals surface area (Å²) in [5, 5.41) is 5.61. The summed E-state index contributed by atoms with van der Waals surface area (Å²) in [4.78, 5) is 68.3. The third-order valence-corrected chi connectivity index (χ3v) is 13.2. The van der Waals surface area contributed by atoms with Gasteiger partial charge >= 0.3 is 12.2 Å². The smallest absolute Gasteiger partial charge is 0.407 e. The molecule has 61 heavy (non-hydrogen) atoms. The van der Waals surface area contributed by atoms with E-state index in [1.807, 2.05) is 36.8 Å². The summed E-state index contributed by atoms with van der Waals surface area (Å²) in [7, 11) is 2.63. The first-order valence-electron chi connectivity index (χ1n) is 22.0. The fraction of sp³-hybridized carbons (Fsp3) is 0.511. The first-order chi connectivity index (χ1) is 29.5. The lowest BCUT2D eigenvalue weighted by atomic mass is 9.88. The molecule has 14 heteroatoms. The van der Waals surface area contributed by atoms with Gasteiger partial charge in [0.2, 0.25) is 11.8 Å². The molecular formula is C47H59N7O7. The van der Waals surface area contributed by atoms with Crippen LogP contribution in [-0.2, 0) is 36.6 Å². The van der Waals surface area contributed by atoms with Crippen LogP contribution < -0.4 is 10.6 Å². The number of alkyl carbamates (subject to hydrolysis) is 2. The Labute approximate surface area is 357 Å². The van der Waals surface area contributed by atoms with Crippen molar-refractivity contribution in [1.82, 2.24) is 35.4 Å². The van der Waals surface area contributed by atoms with Gasteiger partial charge in [0.25, 0.3) is 0 Å². The number of hydrogen-bond acceptors (Lipinski definition) is 8. The second-order valence-electron chi connectivity index (χ2n) is 17.4. The highest BCUT2D eigenvalue weighted by Crippen LogP contribution is 2.43. The van der Waals surface area contributed by atoms with Gasteiger partial charge in [-0.2, -0.15) is 0 Å². The SMILES string of the molecule is COC(=O)NC(C(=O)N1CCCC1c1[nH]c(-c2ccc(-c3ccc(-c4cnc([C@@H]5CCCN5C(=O)C(NC(=O)OC)C5CCOC(C)C5)[nH]4)cc3)cc2)c2c1CCC2)C(C)C. The lowest BCUT2D eigenvalue weighted by Gasteiger charge is -2.36. The number of nitrogens with zero attached hydrogens (tertiary/aromatic N) is 3. The van der Waals surface area contributed by atoms with Crippen molar-refractivity contribution >= 4 is 24.0 Å². The Morgan fingerprint density at radius 3 is 2.02 bits per heavy atom. The molecule has 4 amide bonds. The molecule has 0 radical (unpaired) electrons. The molecule has 4 aliphatic rings. The molecule has 8 rings (SSSR count). The normalized spacial score (nSPS) is 22.2. The Morgan fingerprint density at radius 2 is 1.36 bits per heavy atom. The van der Waals surface area contributed by atoms with Crippen LogP contribution in [0.2, 0.25) is 0 Å². The number of methoxy groups -OCH3 is 2. The van der Waals surface area contributed by atoms with Gasteiger partial charge in [0.1, 0.15) is 17.9 Å². The highest BCUT2D eigenvalue weighted by atomic mass is 16.5. The summed E-state index contributed by atoms with van der Waals surface area (Å²) in [6, 6.07) is 15.4. The first kappa shape index (κ1) is 42.1. The number of H-pyrrole nitrogens is 2. The largest absolute Gasteiger partial charge is 0.453 e. The maximum Gasteiger partial charge on any atom is 0.407 e. The fourth-order valence-electron chi connectivity index (χ4n) is 10.1. The molecule has 3 saturated heterocycles. The summed E-state index contributed by atoms with van der Waals surface area (Å²) in [5.41, 5.74) is 10.1. The van der Waals surface area contributed by atoms with Crippen molar-refractivity contribution in [2.75, 3.05) is 33.9 Å². The maximum absolute atomic E-state index is 14.1. The average molecular weight is 834 g/mol. The molecule has 3 aliphatic heterocycles. The number of likely N-dealkylation sites (tertiary alicyclic amines) is 2. The molecule has 5 unspecified atom stereocenters. The summed E-state index contributed by atoms with van der Waals surface area (Å²) in [6.07, 6.45) is 8.49. The molecule has 5 heterocycles. The van der Waals surface area contributed by atoms with Gasteiger partial charge < -0.3 is 44.6 Å². The monoisotopic (exact) mass is 833 g/mol. The Balaban J connectivity index is 0.957. The number of fused-ring (bicyclic) bond motifs is 1. The molecule has 0 saturated carbocycles. The van der Waals surface area contributed by atoms with Crippen molar-refractivity contribution in [3.8, 4) is 33.6 Å². The molecule has 2 aromatic heterocycles. The van der Waals surface area contributed by atoms with Crippen LogP contribution in [-0.4, -0.2) is 101 Å². The standard InChI is InChI=1S/C47H59N7O7/c1-27(2)39(51-46(57)59-4)44(55)53-22-7-11-37(53)42-35-10-6-9-34(35)40(50-42)32-19-15-30(16-20-32)29-13-17-31(18-14-29)36-26-48-43(49-36)38-12-8-23-54(38)45(56)41(52-47(58)60-5)33-21-24-61-28(3)25-33/h13-20,26-28,33,37-39,41,50H,6-12,21-25H2,1-5H3,(H,48,49)(H,51,57)(H,52,58)/t28?,33?,37?,38-,39?,41?/m0/s1. The number of aromatic nitrogens is 3. The molecule has 1 aliphatic carbocycles. The van der Waals surface area contributed by atoms with E-state index < -0.39 is 24.3 Å². The van der Waals surface area contributed by atoms with E-state index in [0.717, 1.165) is 90.1 Å². The predicted octanol–water partition coefficient (Wildman–Crippen LogP) is 7.47. The zero-order valence-corrected chi connectivity index (χ0v) is 35.9. The van der Waals surface area contributed by atoms with Gasteiger partial charge in [-0.3, -0.25) is 9.59 Å². The number of ether oxygens (including phenoxy) is 3. The number of aromatic amines is 2. The van der Waals surface area contributed by atoms with Crippen molar-refractivity contribution in [2.45, 2.75) is 109 Å². The number of carbonyl (C=O) groups excluding carboxylic acids is 4. The van der Waals surface area contributed by atoms with E-state index in [9.17, 15) is 19.2 Å². The maximum atomic E-state index is 14.1. The number of imidazole rings is 1. The Bertz CT molecular complexity index is 2210. The second-order valence-corrected chi connectivity index (χ2v) is 17.4. The summed E-state index contributed by atoms with van der Waals surface area (Å²) >= 11 is 0. The Hall–Kier alpha value is -5.63. The van der Waals surface area contributed by atoms with Crippen molar-refractivity contribution in [3.63, 3.8) is 0 Å². The van der Waals surface area contributed by atoms with Crippen LogP contribution in [0.15, 0.2) is 54.7 Å². The average Bonchev–Trinajstić information content (AvgIpc) is 4.13. The number of nitrogens with one attached hydrogen (secondary N) is 4. The van der Waals surface area contributed by atoms with Gasteiger partial charge in [-0.1, -0.05) is 62.4 Å². The van der Waals surface area contributed by atoms with Crippen LogP contribution in [0, 0.1) is 11.8 Å². The van der Waals surface area contributed by atoms with E-state index in [0.29, 0.717) is 32.5 Å². The van der Waals surface area contributed by atoms with Gasteiger partial charge in [-0.25, -0.2) is 14.6 Å². The van der Waals surface area contributed by atoms with E-state index in [1.165, 1.54) is 25.3 Å². The van der Waals surface area contributed by atoms with E-state index >= 15 is 0 Å². The van der Waals surface area contributed by atoms with E-state index in [1.54, 1.807) is 0 Å². The van der Waals surface area contributed by atoms with Gasteiger partial charge in [-0.15, -0.1) is 0 Å². The number of rotatable bonds is 11. The number of benzene rings is 2. The summed E-state index contributed by atoms with van der Waals surface area (Å²) in [5.74, 6) is 0.429. The Kier molecular flexibility index (Phi) is 12.5. The van der Waals surface area contributed by atoms with Crippen molar-refractivity contribution in [3.05, 3.63) is 77.4 Å². The third-order valence-electron chi connectivity index (χ3n) is 13.2. The van der Waals surface area contributed by atoms with Gasteiger partial charge in [0.15, 0.2) is 0 Å². The first-order valence-corrected chi connectivity index (χ1v) is 22.0. The number of carbonyl (C=O) groups is 4. The molecule has 3 fully saturated rings. The van der Waals surface area contributed by atoms with Crippen LogP contribution in [0.4, 0.5) is 9.59 Å². The van der Waals surface area contributed by atoms with Crippen LogP contribution in [0.3, 0.4) is 0 Å². The van der Waals surface area contributed by atoms with Crippen LogP contribution >= 0.6 is 0 Å². The molecule has 0 bridgehead atoms. The predicted molar refractivity (Wildman–Crippen MR) is 230 cm³/mol. The molecule has 324 valence electrons. The summed E-state index contributed by atoms with van der Waals surface area (Å²) < 4.78 is 15.5. The zero-order valence-electron chi connectivity index (χ0n) is 35.9. The lowest BCUT2D eigenvalue weighted by Crippen LogP contribution is -2.53. The highest BCUT2D eigenvalue weighted by Gasteiger charge is 2.42. The van der Waals surface area contributed by atoms with E-state index in [2.05, 4.69) is 69.1 Å². The summed E-state index contributed by atoms with van der Waals surface area (Å²) in [6.45, 7) is 7.68. The quantitative estimate of drug-likeness (QED) is 0.121. The molecule has 14 nitrogen and oxygen atoms in total. The molecule has 6 atom stereocenters. The third kappa shape index (κ3) is 8.64. The molecule has 2 aromatic carbocycles. The number of hydrogen-bond donors (Lipinski definition) is 4. The highest BCUT2D eigenvalue weighted by molar-refractivity contribution is 5.87. The van der Waals surface area contributed by atoms with Gasteiger partial charge in [-0.05, 0) is 110 Å². The van der Waals surface area contributed by atoms with E-state index in [4.69, 9.17) is 19.2 Å². The van der Waals surface area contributed by atoms with Crippen molar-refractivity contribution in [1.29, 1.82) is 0 Å². The molecule has 0 spiro atoms. The minimum Gasteiger partial charge on any atom is -0.453 e. The minimum atomic E-state index is -0.696. The molecular weight excluding hydrogens is 775 g/mol. The molecule has 4 aromatic rings. The minimum absolute atomic E-state index is 0.0124. The lowest BCUT2D eigenvalue weighted by molar-refractivity contribution is -0.137. The molecule has 4 N–H and O–H groups in total. The Morgan fingerprint density at radius 1 is 0.754 bits per heavy atom. The van der Waals surface area contributed by atoms with Gasteiger partial charge in [0, 0.05) is 31.1 Å². The second kappa shape index (κ2) is 18.2. The van der Waals surface area contributed by atoms with Crippen molar-refractivity contribution < 1.29 is 33.4 Å². The topological polar surface area (TPSA) is 171 Å². The fourth-order valence-corrected chi connectivity index (χ4v) is 10.1. The van der Waals surface area contributed by atoms with Crippen LogP contribution in [0.5, 0.6) is 0 Å². The number of amides is 4. The van der Waals surface area contributed by atoms with Crippen LogP contribution in [0.1, 0.15) is 100 Å². The zero-order chi connectivity index (χ0) is 42.8. The van der Waals surface area contributed by atoms with Crippen molar-refractivity contribution in [2.24, 2.45) is 11.8 Å².